The summed E-state index contributed by atoms with van der Waals surface area (Å²) in [6.07, 6.45) is 1.08. The molecule has 0 spiro atoms. The van der Waals surface area contributed by atoms with Crippen molar-refractivity contribution in [3.05, 3.63) is 0 Å². The van der Waals surface area contributed by atoms with Crippen molar-refractivity contribution in [2.24, 2.45) is 5.92 Å². The van der Waals surface area contributed by atoms with Crippen molar-refractivity contribution in [3.8, 4) is 0 Å². The molecule has 0 bridgehead atoms. The van der Waals surface area contributed by atoms with E-state index in [4.69, 9.17) is 4.84 Å². The van der Waals surface area contributed by atoms with Crippen LogP contribution < -0.4 is 5.48 Å². The molecule has 2 fully saturated rings. The molecule has 4 heteroatoms. The Morgan fingerprint density at radius 2 is 2.55 bits per heavy atom. The van der Waals surface area contributed by atoms with E-state index in [9.17, 15) is 4.79 Å². The number of nitrogens with one attached hydrogen (secondary N) is 1. The minimum absolute atomic E-state index is 0.0431. The summed E-state index contributed by atoms with van der Waals surface area (Å²) in [7, 11) is 2.03. The van der Waals surface area contributed by atoms with Crippen LogP contribution in [0.25, 0.3) is 0 Å². The number of hydrogen-bond acceptors (Lipinski definition) is 3. The summed E-state index contributed by atoms with van der Waals surface area (Å²) in [6.45, 7) is 1.85. The molecule has 0 aromatic carbocycles. The van der Waals surface area contributed by atoms with Crippen molar-refractivity contribution in [2.45, 2.75) is 12.5 Å². The Morgan fingerprint density at radius 3 is 3.36 bits per heavy atom. The van der Waals surface area contributed by atoms with Gasteiger partial charge in [-0.2, -0.15) is 0 Å². The van der Waals surface area contributed by atoms with Gasteiger partial charge in [-0.3, -0.25) is 9.63 Å². The number of fused-ring (bicyclic) bond motifs is 1. The van der Waals surface area contributed by atoms with E-state index in [2.05, 4.69) is 10.4 Å². The maximum absolute atomic E-state index is 11.1. The molecule has 0 aromatic heterocycles. The Balaban J connectivity index is 2.07. The second kappa shape index (κ2) is 2.46. The smallest absolute Gasteiger partial charge is 0.250 e. The monoisotopic (exact) mass is 156 g/mol. The van der Waals surface area contributed by atoms with E-state index in [1.165, 1.54) is 0 Å². The third-order valence-corrected chi connectivity index (χ3v) is 2.40. The Hall–Kier alpha value is -0.610. The average Bonchev–Trinajstić information content (AvgIpc) is 2.33. The van der Waals surface area contributed by atoms with E-state index in [1.54, 1.807) is 0 Å². The lowest BCUT2D eigenvalue weighted by Crippen LogP contribution is -2.41. The first-order chi connectivity index (χ1) is 5.27. The van der Waals surface area contributed by atoms with Crippen molar-refractivity contribution in [1.82, 2.24) is 10.4 Å². The molecule has 2 aliphatic heterocycles. The van der Waals surface area contributed by atoms with Crippen LogP contribution in [0.3, 0.4) is 0 Å². The van der Waals surface area contributed by atoms with Crippen LogP contribution in [0, 0.1) is 5.92 Å². The highest BCUT2D eigenvalue weighted by Gasteiger charge is 2.39. The number of hydroxylamine groups is 1. The van der Waals surface area contributed by atoms with Crippen molar-refractivity contribution in [2.75, 3.05) is 20.1 Å². The van der Waals surface area contributed by atoms with Crippen molar-refractivity contribution < 1.29 is 9.63 Å². The molecule has 0 aromatic rings. The predicted molar refractivity (Wildman–Crippen MR) is 38.6 cm³/mol. The number of carbonyl (C=O) groups is 1. The largest absolute Gasteiger partial charge is 0.305 e. The molecule has 1 N–H and O–H groups in total. The number of carbonyl (C=O) groups excluding carboxylic acids is 1. The highest BCUT2D eigenvalue weighted by molar-refractivity contribution is 5.80. The number of likely N-dealkylation sites (tertiary alicyclic amines) is 1. The van der Waals surface area contributed by atoms with Crippen LogP contribution in [0.2, 0.25) is 0 Å². The molecular formula is C7H12N2O2. The van der Waals surface area contributed by atoms with Crippen molar-refractivity contribution >= 4 is 5.91 Å². The summed E-state index contributed by atoms with van der Waals surface area (Å²) < 4.78 is 0. The molecule has 1 amide bonds. The zero-order valence-electron chi connectivity index (χ0n) is 6.54. The molecule has 2 saturated heterocycles. The fourth-order valence-electron chi connectivity index (χ4n) is 1.70. The Kier molecular flexibility index (Phi) is 1.58. The van der Waals surface area contributed by atoms with Crippen molar-refractivity contribution in [1.29, 1.82) is 0 Å². The van der Waals surface area contributed by atoms with Gasteiger partial charge in [0.15, 0.2) is 0 Å². The van der Waals surface area contributed by atoms with E-state index in [-0.39, 0.29) is 17.9 Å². The molecule has 2 aliphatic rings. The zero-order chi connectivity index (χ0) is 7.84. The van der Waals surface area contributed by atoms with Crippen LogP contribution >= 0.6 is 0 Å². The minimum Gasteiger partial charge on any atom is -0.305 e. The van der Waals surface area contributed by atoms with Crippen LogP contribution in [0.4, 0.5) is 0 Å². The van der Waals surface area contributed by atoms with E-state index >= 15 is 0 Å². The van der Waals surface area contributed by atoms with E-state index in [1.807, 2.05) is 7.05 Å². The van der Waals surface area contributed by atoms with Gasteiger partial charge < -0.3 is 4.90 Å². The molecule has 11 heavy (non-hydrogen) atoms. The van der Waals surface area contributed by atoms with E-state index in [0.717, 1.165) is 19.5 Å². The number of hydrogen-bond donors (Lipinski definition) is 1. The van der Waals surface area contributed by atoms with Gasteiger partial charge >= 0.3 is 0 Å². The Labute approximate surface area is 65.5 Å². The van der Waals surface area contributed by atoms with Crippen LogP contribution in [0.1, 0.15) is 6.42 Å². The average molecular weight is 156 g/mol. The molecule has 2 heterocycles. The topological polar surface area (TPSA) is 41.6 Å². The number of rotatable bonds is 0. The second-order valence-electron chi connectivity index (χ2n) is 3.28. The second-order valence-corrected chi connectivity index (χ2v) is 3.28. The molecule has 0 saturated carbocycles. The van der Waals surface area contributed by atoms with Gasteiger partial charge in [0, 0.05) is 13.1 Å². The summed E-state index contributed by atoms with van der Waals surface area (Å²) in [4.78, 5) is 18.3. The normalized spacial score (nSPS) is 38.5. The third-order valence-electron chi connectivity index (χ3n) is 2.40. The molecule has 0 radical (unpaired) electrons. The number of piperidine rings is 1. The molecule has 62 valence electrons. The molecule has 2 atom stereocenters. The first-order valence-electron chi connectivity index (χ1n) is 3.91. The molecule has 4 nitrogen and oxygen atoms in total. The summed E-state index contributed by atoms with van der Waals surface area (Å²) in [5, 5.41) is 0. The fraction of sp³-hybridized carbons (Fsp3) is 0.857. The lowest BCUT2D eigenvalue weighted by Gasteiger charge is -2.28. The van der Waals surface area contributed by atoms with Gasteiger partial charge in [-0.1, -0.05) is 0 Å². The van der Waals surface area contributed by atoms with Gasteiger partial charge in [0.1, 0.15) is 0 Å². The molecule has 2 unspecified atom stereocenters. The maximum atomic E-state index is 11.1. The first kappa shape index (κ1) is 7.06. The van der Waals surface area contributed by atoms with Crippen LogP contribution in [-0.4, -0.2) is 37.0 Å². The zero-order valence-corrected chi connectivity index (χ0v) is 6.54. The van der Waals surface area contributed by atoms with Crippen LogP contribution in [0.15, 0.2) is 0 Å². The summed E-state index contributed by atoms with van der Waals surface area (Å²) in [5.41, 5.74) is 2.42. The molecule has 2 rings (SSSR count). The Morgan fingerprint density at radius 1 is 1.73 bits per heavy atom. The SMILES string of the molecule is CN1CCC2ONC(=O)C2C1. The summed E-state index contributed by atoms with van der Waals surface area (Å²) in [5.74, 6) is 0.107. The van der Waals surface area contributed by atoms with Gasteiger partial charge in [0.05, 0.1) is 12.0 Å². The molecule has 0 aliphatic carbocycles. The van der Waals surface area contributed by atoms with Crippen molar-refractivity contribution in [3.63, 3.8) is 0 Å². The lowest BCUT2D eigenvalue weighted by atomic mass is 9.96. The van der Waals surface area contributed by atoms with Crippen LogP contribution in [-0.2, 0) is 9.63 Å². The van der Waals surface area contributed by atoms with Gasteiger partial charge in [-0.15, -0.1) is 0 Å². The van der Waals surface area contributed by atoms with Gasteiger partial charge in [0.2, 0.25) is 0 Å². The summed E-state index contributed by atoms with van der Waals surface area (Å²) >= 11 is 0. The quantitative estimate of drug-likeness (QED) is 0.507. The minimum atomic E-state index is 0.0431. The first-order valence-corrected chi connectivity index (χ1v) is 3.91. The number of amides is 1. The van der Waals surface area contributed by atoms with Gasteiger partial charge in [-0.25, -0.2) is 5.48 Å². The Bertz CT molecular complexity index is 183. The standard InChI is InChI=1S/C7H12N2O2/c1-9-3-2-6-5(4-9)7(10)8-11-6/h5-6H,2-4H2,1H3,(H,8,10). The van der Waals surface area contributed by atoms with E-state index in [0.29, 0.717) is 0 Å². The summed E-state index contributed by atoms with van der Waals surface area (Å²) in [6, 6.07) is 0. The number of nitrogens with zero attached hydrogens (tertiary/aromatic N) is 1. The van der Waals surface area contributed by atoms with Crippen LogP contribution in [0.5, 0.6) is 0 Å². The third kappa shape index (κ3) is 1.12. The van der Waals surface area contributed by atoms with E-state index < -0.39 is 0 Å². The maximum Gasteiger partial charge on any atom is 0.250 e. The van der Waals surface area contributed by atoms with Gasteiger partial charge in [0.25, 0.3) is 5.91 Å². The van der Waals surface area contributed by atoms with Gasteiger partial charge in [-0.05, 0) is 13.5 Å². The fourth-order valence-corrected chi connectivity index (χ4v) is 1.70. The molecular weight excluding hydrogens is 144 g/mol. The lowest BCUT2D eigenvalue weighted by molar-refractivity contribution is -0.126. The highest BCUT2D eigenvalue weighted by atomic mass is 16.7. The highest BCUT2D eigenvalue weighted by Crippen LogP contribution is 2.22. The predicted octanol–water partition coefficient (Wildman–Crippen LogP) is -0.632.